The molecule has 0 radical (unpaired) electrons. The maximum absolute atomic E-state index is 13.5. The van der Waals surface area contributed by atoms with E-state index in [1.807, 2.05) is 0 Å². The molecule has 0 unspecified atom stereocenters. The van der Waals surface area contributed by atoms with E-state index < -0.39 is 15.8 Å². The lowest BCUT2D eigenvalue weighted by atomic mass is 10.3. The Bertz CT molecular complexity index is 794. The predicted octanol–water partition coefficient (Wildman–Crippen LogP) is 2.82. The molecule has 0 saturated carbocycles. The molecule has 23 heavy (non-hydrogen) atoms. The Morgan fingerprint density at radius 2 is 1.96 bits per heavy atom. The van der Waals surface area contributed by atoms with E-state index in [-0.39, 0.29) is 28.4 Å². The van der Waals surface area contributed by atoms with E-state index in [0.29, 0.717) is 0 Å². The fourth-order valence-corrected chi connectivity index (χ4v) is 2.97. The number of halogens is 1. The minimum atomic E-state index is -4.07. The first-order chi connectivity index (χ1) is 10.8. The lowest BCUT2D eigenvalue weighted by molar-refractivity contribution is 0.235. The van der Waals surface area contributed by atoms with Crippen molar-refractivity contribution in [2.45, 2.75) is 24.8 Å². The zero-order valence-electron chi connectivity index (χ0n) is 12.9. The molecule has 1 aromatic heterocycles. The Morgan fingerprint density at radius 1 is 1.22 bits per heavy atom. The number of aromatic nitrogens is 1. The van der Waals surface area contributed by atoms with Crippen LogP contribution in [-0.4, -0.2) is 26.6 Å². The summed E-state index contributed by atoms with van der Waals surface area (Å²) in [6, 6.07) is 7.94. The summed E-state index contributed by atoms with van der Waals surface area (Å²) in [5, 5.41) is 0. The van der Waals surface area contributed by atoms with Gasteiger partial charge in [0.1, 0.15) is 22.3 Å². The van der Waals surface area contributed by atoms with Gasteiger partial charge in [-0.1, -0.05) is 6.07 Å². The van der Waals surface area contributed by atoms with Crippen LogP contribution in [-0.2, 0) is 10.0 Å². The molecule has 0 aliphatic carbocycles. The monoisotopic (exact) mass is 340 g/mol. The fourth-order valence-electron chi connectivity index (χ4n) is 1.82. The molecule has 1 N–H and O–H groups in total. The second kappa shape index (κ2) is 6.82. The van der Waals surface area contributed by atoms with E-state index in [0.717, 1.165) is 12.1 Å². The average molecular weight is 340 g/mol. The van der Waals surface area contributed by atoms with Crippen molar-refractivity contribution in [1.82, 2.24) is 4.98 Å². The number of ether oxygens (including phenoxy) is 2. The molecule has 0 aliphatic rings. The van der Waals surface area contributed by atoms with Gasteiger partial charge in [0.25, 0.3) is 10.0 Å². The van der Waals surface area contributed by atoms with Gasteiger partial charge in [0.15, 0.2) is 0 Å². The summed E-state index contributed by atoms with van der Waals surface area (Å²) in [5.41, 5.74) is 0. The number of sulfonamides is 1. The zero-order chi connectivity index (χ0) is 17.0. The predicted molar refractivity (Wildman–Crippen MR) is 83.8 cm³/mol. The van der Waals surface area contributed by atoms with Crippen molar-refractivity contribution in [1.29, 1.82) is 0 Å². The number of rotatable bonds is 6. The molecule has 0 saturated heterocycles. The Balaban J connectivity index is 2.40. The van der Waals surface area contributed by atoms with Gasteiger partial charge in [0.05, 0.1) is 13.2 Å². The van der Waals surface area contributed by atoms with Crippen molar-refractivity contribution in [2.75, 3.05) is 11.8 Å². The Labute approximate surface area is 134 Å². The molecule has 0 atom stereocenters. The van der Waals surface area contributed by atoms with Crippen molar-refractivity contribution >= 4 is 15.8 Å². The van der Waals surface area contributed by atoms with E-state index in [1.165, 1.54) is 19.2 Å². The molecule has 0 amide bonds. The van der Waals surface area contributed by atoms with Gasteiger partial charge in [-0.2, -0.15) is 4.98 Å². The highest BCUT2D eigenvalue weighted by Gasteiger charge is 2.22. The quantitative estimate of drug-likeness (QED) is 0.875. The minimum Gasteiger partial charge on any atom is -0.490 e. The zero-order valence-corrected chi connectivity index (χ0v) is 13.7. The van der Waals surface area contributed by atoms with Gasteiger partial charge in [0.2, 0.25) is 5.88 Å². The summed E-state index contributed by atoms with van der Waals surface area (Å²) in [4.78, 5) is 3.67. The van der Waals surface area contributed by atoms with Gasteiger partial charge in [-0.15, -0.1) is 0 Å². The van der Waals surface area contributed by atoms with Crippen molar-refractivity contribution < 1.29 is 22.3 Å². The summed E-state index contributed by atoms with van der Waals surface area (Å²) in [6.45, 7) is 3.49. The number of nitrogens with one attached hydrogen (secondary N) is 1. The maximum Gasteiger partial charge on any atom is 0.266 e. The normalized spacial score (nSPS) is 11.3. The number of pyridine rings is 1. The molecule has 2 aromatic rings. The summed E-state index contributed by atoms with van der Waals surface area (Å²) in [7, 11) is -2.65. The summed E-state index contributed by atoms with van der Waals surface area (Å²) < 4.78 is 51.2. The molecule has 2 rings (SSSR count). The van der Waals surface area contributed by atoms with Crippen LogP contribution in [0.2, 0.25) is 0 Å². The molecular weight excluding hydrogens is 323 g/mol. The van der Waals surface area contributed by atoms with Crippen molar-refractivity contribution in [3.8, 4) is 11.6 Å². The maximum atomic E-state index is 13.5. The van der Waals surface area contributed by atoms with Crippen molar-refractivity contribution in [2.24, 2.45) is 0 Å². The highest BCUT2D eigenvalue weighted by molar-refractivity contribution is 7.92. The first-order valence-corrected chi connectivity index (χ1v) is 8.30. The highest BCUT2D eigenvalue weighted by Crippen LogP contribution is 2.27. The molecule has 0 fully saturated rings. The molecule has 0 spiro atoms. The number of nitrogens with zero attached hydrogens (tertiary/aromatic N) is 1. The van der Waals surface area contributed by atoms with E-state index in [9.17, 15) is 12.8 Å². The highest BCUT2D eigenvalue weighted by atomic mass is 32.2. The number of hydrogen-bond donors (Lipinski definition) is 1. The Kier molecular flexibility index (Phi) is 5.05. The first kappa shape index (κ1) is 17.0. The van der Waals surface area contributed by atoms with E-state index in [1.54, 1.807) is 26.0 Å². The van der Waals surface area contributed by atoms with Gasteiger partial charge < -0.3 is 9.47 Å². The lowest BCUT2D eigenvalue weighted by Gasteiger charge is -2.15. The average Bonchev–Trinajstić information content (AvgIpc) is 2.48. The molecule has 124 valence electrons. The van der Waals surface area contributed by atoms with Gasteiger partial charge in [-0.25, -0.2) is 12.8 Å². The van der Waals surface area contributed by atoms with Crippen LogP contribution in [0.3, 0.4) is 0 Å². The molecule has 8 heteroatoms. The second-order valence-electron chi connectivity index (χ2n) is 4.93. The van der Waals surface area contributed by atoms with Crippen LogP contribution in [0.15, 0.2) is 41.3 Å². The number of anilines is 1. The van der Waals surface area contributed by atoms with Crippen molar-refractivity contribution in [3.05, 3.63) is 42.2 Å². The van der Waals surface area contributed by atoms with Crippen molar-refractivity contribution in [3.63, 3.8) is 0 Å². The summed E-state index contributed by atoms with van der Waals surface area (Å²) >= 11 is 0. The van der Waals surface area contributed by atoms with Crippen LogP contribution in [0.1, 0.15) is 13.8 Å². The minimum absolute atomic E-state index is 0.0594. The molecule has 0 bridgehead atoms. The van der Waals surface area contributed by atoms with Gasteiger partial charge in [-0.3, -0.25) is 4.72 Å². The van der Waals surface area contributed by atoms with Crippen LogP contribution < -0.4 is 14.2 Å². The van der Waals surface area contributed by atoms with Gasteiger partial charge >= 0.3 is 0 Å². The third kappa shape index (κ3) is 4.32. The topological polar surface area (TPSA) is 77.5 Å². The second-order valence-corrected chi connectivity index (χ2v) is 6.58. The standard InChI is InChI=1S/C15H17FN2O4S/c1-10(2)22-12-8-7-11(16)9-13(12)23(19,20)18-14-5-4-6-15(17-14)21-3/h4-10H,1-3H3,(H,17,18). The SMILES string of the molecule is COc1cccc(NS(=O)(=O)c2cc(F)ccc2OC(C)C)n1. The largest absolute Gasteiger partial charge is 0.490 e. The first-order valence-electron chi connectivity index (χ1n) is 6.82. The number of hydrogen-bond acceptors (Lipinski definition) is 5. The van der Waals surface area contributed by atoms with E-state index in [2.05, 4.69) is 9.71 Å². The fraction of sp³-hybridized carbons (Fsp3) is 0.267. The molecule has 6 nitrogen and oxygen atoms in total. The Morgan fingerprint density at radius 3 is 2.61 bits per heavy atom. The smallest absolute Gasteiger partial charge is 0.266 e. The molecule has 1 aromatic carbocycles. The van der Waals surface area contributed by atoms with Crippen LogP contribution in [0, 0.1) is 5.82 Å². The van der Waals surface area contributed by atoms with Gasteiger partial charge in [-0.05, 0) is 38.1 Å². The van der Waals surface area contributed by atoms with Gasteiger partial charge in [0, 0.05) is 6.07 Å². The van der Waals surface area contributed by atoms with Crippen LogP contribution >= 0.6 is 0 Å². The summed E-state index contributed by atoms with van der Waals surface area (Å²) in [6.07, 6.45) is -0.260. The molecule has 0 aliphatic heterocycles. The molecular formula is C15H17FN2O4S. The third-order valence-corrected chi connectivity index (χ3v) is 4.11. The van der Waals surface area contributed by atoms with Crippen LogP contribution in [0.4, 0.5) is 10.2 Å². The van der Waals surface area contributed by atoms with Crippen LogP contribution in [0.25, 0.3) is 0 Å². The lowest BCUT2D eigenvalue weighted by Crippen LogP contribution is -2.17. The van der Waals surface area contributed by atoms with Crippen LogP contribution in [0.5, 0.6) is 11.6 Å². The number of methoxy groups -OCH3 is 1. The summed E-state index contributed by atoms with van der Waals surface area (Å²) in [5.74, 6) is -0.302. The van der Waals surface area contributed by atoms with E-state index >= 15 is 0 Å². The third-order valence-electron chi connectivity index (χ3n) is 2.73. The number of benzene rings is 1. The van der Waals surface area contributed by atoms with E-state index in [4.69, 9.17) is 9.47 Å². The Hall–Kier alpha value is -2.35. The molecule has 1 heterocycles.